The molecule has 4 aliphatic rings. The molecule has 4 atom stereocenters. The number of aliphatic hydroxyl groups excluding tert-OH is 1. The molecule has 0 spiro atoms. The summed E-state index contributed by atoms with van der Waals surface area (Å²) in [6.45, 7) is 5.22. The van der Waals surface area contributed by atoms with Crippen molar-refractivity contribution in [2.45, 2.75) is 43.6 Å². The minimum Gasteiger partial charge on any atom is -0.491 e. The van der Waals surface area contributed by atoms with Crippen molar-refractivity contribution >= 4 is 11.4 Å². The van der Waals surface area contributed by atoms with Crippen molar-refractivity contribution in [1.82, 2.24) is 0 Å². The fourth-order valence-electron chi connectivity index (χ4n) is 4.40. The number of nitrogens with zero attached hydrogens (tertiary/aromatic N) is 2. The highest BCUT2D eigenvalue weighted by molar-refractivity contribution is 5.51. The van der Waals surface area contributed by atoms with Crippen LogP contribution in [0.4, 0.5) is 11.4 Å². The second kappa shape index (κ2) is 10.8. The van der Waals surface area contributed by atoms with Crippen LogP contribution in [0, 0.1) is 0 Å². The molecule has 0 aliphatic carbocycles. The second-order valence-electron chi connectivity index (χ2n) is 9.71. The molecule has 9 heteroatoms. The van der Waals surface area contributed by atoms with E-state index in [4.69, 9.17) is 28.4 Å². The van der Waals surface area contributed by atoms with Crippen LogP contribution in [-0.2, 0) is 18.9 Å². The monoisotopic (exact) mass is 498 g/mol. The van der Waals surface area contributed by atoms with Crippen molar-refractivity contribution in [2.24, 2.45) is 0 Å². The van der Waals surface area contributed by atoms with Gasteiger partial charge in [0, 0.05) is 37.3 Å². The van der Waals surface area contributed by atoms with E-state index >= 15 is 0 Å². The van der Waals surface area contributed by atoms with Crippen LogP contribution in [0.5, 0.6) is 11.5 Å². The molecule has 0 bridgehead atoms. The molecular weight excluding hydrogens is 464 g/mol. The standard InChI is InChI=1S/C27H34N2O7/c30-21(15-33-22-5-1-19(2-6-22)28(13-24-17-35-24)26-9-11-31-26)16-34-23-7-3-20(4-8-23)29(14-25-18-36-25)27-10-12-32-27/h1-8,21,24-27,30H,9-18H2. The quantitative estimate of drug-likeness (QED) is 0.395. The largest absolute Gasteiger partial charge is 0.491 e. The van der Waals surface area contributed by atoms with E-state index in [9.17, 15) is 5.11 Å². The van der Waals surface area contributed by atoms with Gasteiger partial charge < -0.3 is 43.3 Å². The number of ether oxygens (including phenoxy) is 6. The molecule has 9 nitrogen and oxygen atoms in total. The summed E-state index contributed by atoms with van der Waals surface area (Å²) < 4.78 is 33.7. The molecule has 1 N–H and O–H groups in total. The minimum atomic E-state index is -0.747. The summed E-state index contributed by atoms with van der Waals surface area (Å²) >= 11 is 0. The third-order valence-corrected chi connectivity index (χ3v) is 6.87. The van der Waals surface area contributed by atoms with E-state index in [2.05, 4.69) is 9.80 Å². The first-order chi connectivity index (χ1) is 17.7. The van der Waals surface area contributed by atoms with E-state index in [1.807, 2.05) is 48.5 Å². The van der Waals surface area contributed by atoms with Gasteiger partial charge in [0.15, 0.2) is 0 Å². The zero-order valence-electron chi connectivity index (χ0n) is 20.4. The van der Waals surface area contributed by atoms with Gasteiger partial charge in [-0.2, -0.15) is 0 Å². The molecule has 0 radical (unpaired) electrons. The molecule has 4 unspecified atom stereocenters. The Morgan fingerprint density at radius 3 is 1.39 bits per heavy atom. The second-order valence-corrected chi connectivity index (χ2v) is 9.71. The Morgan fingerprint density at radius 2 is 1.08 bits per heavy atom. The van der Waals surface area contributed by atoms with Crippen molar-refractivity contribution in [3.63, 3.8) is 0 Å². The van der Waals surface area contributed by atoms with Crippen LogP contribution in [0.15, 0.2) is 48.5 Å². The first kappa shape index (κ1) is 23.8. The number of epoxide rings is 2. The normalized spacial score (nSPS) is 26.8. The maximum absolute atomic E-state index is 10.4. The van der Waals surface area contributed by atoms with Crippen LogP contribution in [-0.4, -0.2) is 88.6 Å². The van der Waals surface area contributed by atoms with Crippen molar-refractivity contribution in [3.8, 4) is 11.5 Å². The summed E-state index contributed by atoms with van der Waals surface area (Å²) in [7, 11) is 0. The molecule has 2 aromatic rings. The topological polar surface area (TPSA) is 88.7 Å². The van der Waals surface area contributed by atoms with Gasteiger partial charge in [-0.1, -0.05) is 0 Å². The number of benzene rings is 2. The molecule has 4 aliphatic heterocycles. The van der Waals surface area contributed by atoms with E-state index in [-0.39, 0.29) is 25.7 Å². The first-order valence-corrected chi connectivity index (χ1v) is 12.8. The van der Waals surface area contributed by atoms with Crippen molar-refractivity contribution < 1.29 is 33.5 Å². The molecule has 36 heavy (non-hydrogen) atoms. The number of hydrogen-bond donors (Lipinski definition) is 1. The first-order valence-electron chi connectivity index (χ1n) is 12.8. The molecule has 0 amide bonds. The summed E-state index contributed by atoms with van der Waals surface area (Å²) in [6, 6.07) is 15.8. The molecule has 4 heterocycles. The maximum Gasteiger partial charge on any atom is 0.132 e. The van der Waals surface area contributed by atoms with Gasteiger partial charge in [0.2, 0.25) is 0 Å². The van der Waals surface area contributed by atoms with Crippen molar-refractivity contribution in [1.29, 1.82) is 0 Å². The Hall–Kier alpha value is -2.56. The predicted octanol–water partition coefficient (Wildman–Crippen LogP) is 2.41. The van der Waals surface area contributed by atoms with Gasteiger partial charge in [0.05, 0.1) is 38.6 Å². The van der Waals surface area contributed by atoms with Crippen LogP contribution in [0.2, 0.25) is 0 Å². The predicted molar refractivity (Wildman–Crippen MR) is 133 cm³/mol. The van der Waals surface area contributed by atoms with Gasteiger partial charge >= 0.3 is 0 Å². The number of aliphatic hydroxyl groups is 1. The molecule has 0 saturated carbocycles. The van der Waals surface area contributed by atoms with Gasteiger partial charge in [0.25, 0.3) is 0 Å². The summed E-state index contributed by atoms with van der Waals surface area (Å²) in [5.41, 5.74) is 2.17. The van der Waals surface area contributed by atoms with E-state index in [0.717, 1.165) is 63.7 Å². The van der Waals surface area contributed by atoms with Crippen LogP contribution in [0.25, 0.3) is 0 Å². The van der Waals surface area contributed by atoms with E-state index in [0.29, 0.717) is 23.7 Å². The van der Waals surface area contributed by atoms with E-state index in [1.54, 1.807) is 0 Å². The van der Waals surface area contributed by atoms with Gasteiger partial charge in [-0.05, 0) is 48.5 Å². The lowest BCUT2D eigenvalue weighted by Gasteiger charge is -2.38. The maximum atomic E-state index is 10.4. The minimum absolute atomic E-state index is 0.121. The molecule has 194 valence electrons. The van der Waals surface area contributed by atoms with E-state index in [1.165, 1.54) is 0 Å². The van der Waals surface area contributed by atoms with Crippen molar-refractivity contribution in [3.05, 3.63) is 48.5 Å². The Balaban J connectivity index is 0.955. The Bertz CT molecular complexity index is 893. The highest BCUT2D eigenvalue weighted by Crippen LogP contribution is 2.30. The fraction of sp³-hybridized carbons (Fsp3) is 0.556. The molecular formula is C27H34N2O7. The van der Waals surface area contributed by atoms with E-state index < -0.39 is 6.10 Å². The van der Waals surface area contributed by atoms with Gasteiger partial charge in [-0.3, -0.25) is 0 Å². The summed E-state index contributed by atoms with van der Waals surface area (Å²) in [5.74, 6) is 1.41. The Labute approximate surface area is 211 Å². The van der Waals surface area contributed by atoms with Crippen LogP contribution in [0.1, 0.15) is 12.8 Å². The fourth-order valence-corrected chi connectivity index (χ4v) is 4.40. The number of anilines is 2. The zero-order chi connectivity index (χ0) is 24.3. The average molecular weight is 499 g/mol. The number of hydrogen-bond acceptors (Lipinski definition) is 9. The van der Waals surface area contributed by atoms with Gasteiger partial charge in [0.1, 0.15) is 43.3 Å². The SMILES string of the molecule is OC(COc1ccc(N(CC2CO2)C2CCO2)cc1)COc1ccc(N(CC2CO2)C2CCO2)cc1. The molecule has 0 aromatic heterocycles. The van der Waals surface area contributed by atoms with Crippen LogP contribution < -0.4 is 19.3 Å². The highest BCUT2D eigenvalue weighted by Gasteiger charge is 2.34. The Morgan fingerprint density at radius 1 is 0.694 bits per heavy atom. The molecule has 4 saturated heterocycles. The third-order valence-electron chi connectivity index (χ3n) is 6.87. The van der Waals surface area contributed by atoms with Crippen molar-refractivity contribution in [2.75, 3.05) is 62.5 Å². The lowest BCUT2D eigenvalue weighted by atomic mass is 10.2. The Kier molecular flexibility index (Phi) is 7.16. The third kappa shape index (κ3) is 6.04. The molecule has 2 aromatic carbocycles. The molecule has 6 rings (SSSR count). The number of rotatable bonds is 14. The zero-order valence-corrected chi connectivity index (χ0v) is 20.4. The molecule has 4 fully saturated rings. The lowest BCUT2D eigenvalue weighted by molar-refractivity contribution is -0.0517. The highest BCUT2D eigenvalue weighted by atomic mass is 16.6. The van der Waals surface area contributed by atoms with Gasteiger partial charge in [-0.15, -0.1) is 0 Å². The summed E-state index contributed by atoms with van der Waals surface area (Å²) in [5, 5.41) is 10.4. The van der Waals surface area contributed by atoms with Crippen LogP contribution in [0.3, 0.4) is 0 Å². The smallest absolute Gasteiger partial charge is 0.132 e. The van der Waals surface area contributed by atoms with Gasteiger partial charge in [-0.25, -0.2) is 0 Å². The lowest BCUT2D eigenvalue weighted by Crippen LogP contribution is -2.46. The average Bonchev–Trinajstić information content (AvgIpc) is 3.76. The summed E-state index contributed by atoms with van der Waals surface area (Å²) in [6.07, 6.45) is 2.15. The summed E-state index contributed by atoms with van der Waals surface area (Å²) in [4.78, 5) is 4.49. The van der Waals surface area contributed by atoms with Crippen LogP contribution >= 0.6 is 0 Å².